The first-order valence-corrected chi connectivity index (χ1v) is 12.9. The minimum Gasteiger partial charge on any atom is -0.299 e. The Morgan fingerprint density at radius 3 is 2.39 bits per heavy atom. The third-order valence-electron chi connectivity index (χ3n) is 5.27. The predicted octanol–water partition coefficient (Wildman–Crippen LogP) is 10.6. The number of allylic oxidation sites excluding steroid dienone is 12. The average Bonchev–Trinajstić information content (AvgIpc) is 2.80. The predicted molar refractivity (Wildman–Crippen MR) is 155 cm³/mol. The van der Waals surface area contributed by atoms with E-state index in [0.29, 0.717) is 23.1 Å². The van der Waals surface area contributed by atoms with Gasteiger partial charge in [0, 0.05) is 0 Å². The SMILES string of the molecule is C=CC=C(SC=C(C)CC=C)C(CC)CCCCC(=C)C(CC(=C)C=C)=C(Cl)C(=N)/C=C/C. The van der Waals surface area contributed by atoms with Crippen LogP contribution in [0.1, 0.15) is 65.7 Å². The molecule has 0 saturated heterocycles. The Morgan fingerprint density at radius 2 is 1.85 bits per heavy atom. The minimum absolute atomic E-state index is 0.300. The van der Waals surface area contributed by atoms with Gasteiger partial charge in [0.05, 0.1) is 10.7 Å². The molecule has 1 unspecified atom stereocenters. The van der Waals surface area contributed by atoms with Crippen molar-refractivity contribution in [3.8, 4) is 0 Å². The second-order valence-corrected chi connectivity index (χ2v) is 9.40. The van der Waals surface area contributed by atoms with E-state index in [2.05, 4.69) is 58.2 Å². The number of thioether (sulfide) groups is 1. The maximum Gasteiger partial charge on any atom is 0.0725 e. The number of hydrogen-bond acceptors (Lipinski definition) is 2. The number of halogens is 1. The number of rotatable bonds is 18. The van der Waals surface area contributed by atoms with Crippen LogP contribution in [-0.2, 0) is 0 Å². The van der Waals surface area contributed by atoms with Crippen LogP contribution in [0.3, 0.4) is 0 Å². The maximum absolute atomic E-state index is 8.20. The summed E-state index contributed by atoms with van der Waals surface area (Å²) in [7, 11) is 0. The third kappa shape index (κ3) is 12.7. The van der Waals surface area contributed by atoms with E-state index in [-0.39, 0.29) is 0 Å². The van der Waals surface area contributed by atoms with Gasteiger partial charge in [-0.1, -0.05) is 98.4 Å². The van der Waals surface area contributed by atoms with Gasteiger partial charge >= 0.3 is 0 Å². The molecule has 180 valence electrons. The number of nitrogens with one attached hydrogen (secondary N) is 1. The number of hydrogen-bond donors (Lipinski definition) is 1. The number of unbranched alkanes of at least 4 members (excludes halogenated alkanes) is 1. The molecule has 0 rings (SSSR count). The fourth-order valence-electron chi connectivity index (χ4n) is 3.32. The van der Waals surface area contributed by atoms with Crippen molar-refractivity contribution in [3.05, 3.63) is 107 Å². The molecule has 0 aliphatic heterocycles. The van der Waals surface area contributed by atoms with E-state index >= 15 is 0 Å². The van der Waals surface area contributed by atoms with E-state index in [1.54, 1.807) is 23.9 Å². The van der Waals surface area contributed by atoms with Crippen LogP contribution in [0.2, 0.25) is 0 Å². The lowest BCUT2D eigenvalue weighted by Gasteiger charge is -2.18. The zero-order valence-corrected chi connectivity index (χ0v) is 22.5. The second kappa shape index (κ2) is 18.4. The Hall–Kier alpha value is -2.03. The summed E-state index contributed by atoms with van der Waals surface area (Å²) in [6, 6.07) is 0. The first-order valence-electron chi connectivity index (χ1n) is 11.6. The van der Waals surface area contributed by atoms with Gasteiger partial charge in [0.25, 0.3) is 0 Å². The molecule has 0 aliphatic carbocycles. The topological polar surface area (TPSA) is 23.9 Å². The summed E-state index contributed by atoms with van der Waals surface area (Å²) in [5.41, 5.74) is 4.36. The highest BCUT2D eigenvalue weighted by molar-refractivity contribution is 8.05. The van der Waals surface area contributed by atoms with Crippen molar-refractivity contribution in [2.24, 2.45) is 5.92 Å². The van der Waals surface area contributed by atoms with Gasteiger partial charge in [-0.15, -0.1) is 18.3 Å². The Labute approximate surface area is 212 Å². The van der Waals surface area contributed by atoms with Crippen molar-refractivity contribution in [2.45, 2.75) is 65.7 Å². The van der Waals surface area contributed by atoms with Gasteiger partial charge in [-0.2, -0.15) is 0 Å². The quantitative estimate of drug-likeness (QED) is 0.0890. The molecule has 0 spiro atoms. The van der Waals surface area contributed by atoms with Crippen molar-refractivity contribution >= 4 is 29.1 Å². The van der Waals surface area contributed by atoms with Gasteiger partial charge < -0.3 is 0 Å². The molecule has 0 aliphatic rings. The lowest BCUT2D eigenvalue weighted by Crippen LogP contribution is -2.02. The Bertz CT molecular complexity index is 835. The molecule has 33 heavy (non-hydrogen) atoms. The molecule has 0 saturated carbocycles. The normalized spacial score (nSPS) is 13.9. The van der Waals surface area contributed by atoms with Crippen molar-refractivity contribution in [3.63, 3.8) is 0 Å². The first-order chi connectivity index (χ1) is 15.7. The zero-order valence-electron chi connectivity index (χ0n) is 20.9. The smallest absolute Gasteiger partial charge is 0.0725 e. The van der Waals surface area contributed by atoms with Crippen LogP contribution in [0.25, 0.3) is 0 Å². The molecule has 1 N–H and O–H groups in total. The van der Waals surface area contributed by atoms with E-state index in [9.17, 15) is 0 Å². The molecule has 0 amide bonds. The largest absolute Gasteiger partial charge is 0.299 e. The summed E-state index contributed by atoms with van der Waals surface area (Å²) in [6.45, 7) is 26.1. The van der Waals surface area contributed by atoms with Crippen LogP contribution in [0.15, 0.2) is 107 Å². The Kier molecular flexibility index (Phi) is 17.3. The fourth-order valence-corrected chi connectivity index (χ4v) is 4.67. The van der Waals surface area contributed by atoms with E-state index in [0.717, 1.165) is 55.2 Å². The molecule has 0 aromatic carbocycles. The van der Waals surface area contributed by atoms with Crippen LogP contribution in [-0.4, -0.2) is 5.71 Å². The highest BCUT2D eigenvalue weighted by atomic mass is 35.5. The average molecular weight is 484 g/mol. The lowest BCUT2D eigenvalue weighted by atomic mass is 9.92. The second-order valence-electron chi connectivity index (χ2n) is 8.08. The molecule has 0 aromatic heterocycles. The summed E-state index contributed by atoms with van der Waals surface area (Å²) in [5, 5.41) is 10.9. The molecule has 0 aromatic rings. The molecule has 0 heterocycles. The van der Waals surface area contributed by atoms with Crippen LogP contribution in [0, 0.1) is 11.3 Å². The Balaban J connectivity index is 5.18. The molecule has 1 nitrogen and oxygen atoms in total. The lowest BCUT2D eigenvalue weighted by molar-refractivity contribution is 0.524. The summed E-state index contributed by atoms with van der Waals surface area (Å²) >= 11 is 8.36. The van der Waals surface area contributed by atoms with E-state index in [1.807, 2.05) is 25.2 Å². The monoisotopic (exact) mass is 483 g/mol. The molecular weight excluding hydrogens is 442 g/mol. The summed E-state index contributed by atoms with van der Waals surface area (Å²) < 4.78 is 0. The summed E-state index contributed by atoms with van der Waals surface area (Å²) in [4.78, 5) is 1.36. The van der Waals surface area contributed by atoms with Crippen LogP contribution < -0.4 is 0 Å². The summed E-state index contributed by atoms with van der Waals surface area (Å²) in [5.74, 6) is 0.510. The van der Waals surface area contributed by atoms with Crippen molar-refractivity contribution in [2.75, 3.05) is 0 Å². The van der Waals surface area contributed by atoms with Crippen molar-refractivity contribution < 1.29 is 0 Å². The standard InChI is InChI=1S/C30H42ClNS/c1-9-16-24(7)22-33-29(18-11-3)26(13-5)20-15-14-19-25(8)27(21-23(6)12-4)30(31)28(32)17-10-2/h9-12,17-18,22,26,32H,1,3-4,6,8,13-16,19-21H2,2,5,7H3/b17-10+,24-22?,29-18?,30-27?,32-28?. The van der Waals surface area contributed by atoms with E-state index in [1.165, 1.54) is 10.5 Å². The van der Waals surface area contributed by atoms with Crippen molar-refractivity contribution in [1.29, 1.82) is 5.41 Å². The molecule has 0 radical (unpaired) electrons. The Morgan fingerprint density at radius 1 is 1.15 bits per heavy atom. The van der Waals surface area contributed by atoms with Gasteiger partial charge in [-0.3, -0.25) is 5.41 Å². The van der Waals surface area contributed by atoms with Crippen LogP contribution >= 0.6 is 23.4 Å². The highest BCUT2D eigenvalue weighted by Crippen LogP contribution is 2.34. The van der Waals surface area contributed by atoms with E-state index in [4.69, 9.17) is 17.0 Å². The molecule has 0 bridgehead atoms. The zero-order chi connectivity index (χ0) is 25.2. The third-order valence-corrected chi connectivity index (χ3v) is 6.97. The van der Waals surface area contributed by atoms with Gasteiger partial charge in [-0.05, 0) is 80.3 Å². The van der Waals surface area contributed by atoms with Gasteiger partial charge in [0.1, 0.15) is 0 Å². The fraction of sp³-hybridized carbons (Fsp3) is 0.367. The van der Waals surface area contributed by atoms with Crippen molar-refractivity contribution in [1.82, 2.24) is 0 Å². The maximum atomic E-state index is 8.20. The van der Waals surface area contributed by atoms with Gasteiger partial charge in [0.2, 0.25) is 0 Å². The molecular formula is C30H42ClNS. The van der Waals surface area contributed by atoms with E-state index < -0.39 is 0 Å². The molecule has 3 heteroatoms. The van der Waals surface area contributed by atoms with Gasteiger partial charge in [0.15, 0.2) is 0 Å². The highest BCUT2D eigenvalue weighted by Gasteiger charge is 2.15. The van der Waals surface area contributed by atoms with Gasteiger partial charge in [-0.25, -0.2) is 0 Å². The molecule has 0 fully saturated rings. The minimum atomic E-state index is 0.300. The molecule has 1 atom stereocenters. The summed E-state index contributed by atoms with van der Waals surface area (Å²) in [6.07, 6.45) is 17.9. The first kappa shape index (κ1) is 31.0. The van der Waals surface area contributed by atoms with Crippen LogP contribution in [0.5, 0.6) is 0 Å². The van der Waals surface area contributed by atoms with Crippen LogP contribution in [0.4, 0.5) is 0 Å².